The molecule has 0 aliphatic heterocycles. The number of hydrogen-bond acceptors (Lipinski definition) is 8. The fourth-order valence-corrected chi connectivity index (χ4v) is 4.95. The van der Waals surface area contributed by atoms with Crippen LogP contribution in [0.15, 0.2) is 78.1 Å². The molecule has 12 heteroatoms. The summed E-state index contributed by atoms with van der Waals surface area (Å²) in [4.78, 5) is 21.1. The lowest BCUT2D eigenvalue weighted by Crippen LogP contribution is -2.50. The number of sulfonamides is 1. The molecule has 37 heavy (non-hydrogen) atoms. The average Bonchev–Trinajstić information content (AvgIpc) is 3.72. The van der Waals surface area contributed by atoms with Gasteiger partial charge in [-0.1, -0.05) is 43.2 Å². The molecular weight excluding hydrogens is 495 g/mol. The van der Waals surface area contributed by atoms with Gasteiger partial charge in [0.2, 0.25) is 21.8 Å². The highest BCUT2D eigenvalue weighted by molar-refractivity contribution is 7.89. The number of benzene rings is 2. The number of carbonyl (C=O) groups excluding carboxylic acids is 1. The molecule has 4 N–H and O–H groups in total. The lowest BCUT2D eigenvalue weighted by Gasteiger charge is -2.23. The number of aromatic nitrogens is 2. The van der Waals surface area contributed by atoms with Gasteiger partial charge in [0.15, 0.2) is 0 Å². The Balaban J connectivity index is 1.43. The van der Waals surface area contributed by atoms with Crippen LogP contribution >= 0.6 is 0 Å². The van der Waals surface area contributed by atoms with E-state index in [0.717, 1.165) is 18.4 Å². The molecule has 2 aromatic carbocycles. The number of ether oxygens (including phenoxy) is 1. The summed E-state index contributed by atoms with van der Waals surface area (Å²) < 4.78 is 34.0. The summed E-state index contributed by atoms with van der Waals surface area (Å²) in [6, 6.07) is 15.0. The summed E-state index contributed by atoms with van der Waals surface area (Å²) in [5.41, 5.74) is 0.857. The second-order valence-corrected chi connectivity index (χ2v) is 10.8. The first kappa shape index (κ1) is 26.7. The molecule has 0 bridgehead atoms. The topological polar surface area (TPSA) is 151 Å². The Kier molecular flexibility index (Phi) is 8.88. The van der Waals surface area contributed by atoms with E-state index in [1.165, 1.54) is 42.9 Å². The van der Waals surface area contributed by atoms with Crippen LogP contribution in [0.25, 0.3) is 0 Å². The van der Waals surface area contributed by atoms with Crippen molar-refractivity contribution in [2.24, 2.45) is 11.8 Å². The van der Waals surface area contributed by atoms with Crippen LogP contribution in [0.3, 0.4) is 0 Å². The summed E-state index contributed by atoms with van der Waals surface area (Å²) >= 11 is 0. The van der Waals surface area contributed by atoms with Crippen LogP contribution in [0.5, 0.6) is 11.6 Å². The van der Waals surface area contributed by atoms with Gasteiger partial charge < -0.3 is 20.1 Å². The summed E-state index contributed by atoms with van der Waals surface area (Å²) in [6.45, 7) is -0.168. The second kappa shape index (κ2) is 12.3. The molecule has 4 rings (SSSR count). The molecule has 0 spiro atoms. The van der Waals surface area contributed by atoms with Gasteiger partial charge in [0.1, 0.15) is 5.75 Å². The zero-order valence-electron chi connectivity index (χ0n) is 20.1. The van der Waals surface area contributed by atoms with E-state index in [4.69, 9.17) is 4.74 Å². The number of amides is 1. The number of rotatable bonds is 13. The molecule has 1 heterocycles. The Hall–Kier alpha value is -3.32. The maximum absolute atomic E-state index is 13.1. The highest BCUT2D eigenvalue weighted by Gasteiger charge is 2.34. The van der Waals surface area contributed by atoms with Crippen molar-refractivity contribution in [1.29, 1.82) is 0 Å². The van der Waals surface area contributed by atoms with E-state index in [0.29, 0.717) is 18.1 Å². The van der Waals surface area contributed by atoms with E-state index in [9.17, 15) is 23.3 Å². The molecule has 10 nitrogen and oxygen atoms in total. The van der Waals surface area contributed by atoms with E-state index >= 15 is 0 Å². The van der Waals surface area contributed by atoms with Crippen LogP contribution in [0.2, 0.25) is 0 Å². The molecule has 2 unspecified atom stereocenters. The monoisotopic (exact) mass is 524 g/mol. The minimum Gasteiger partial charge on any atom is -0.438 e. The fraction of sp³-hybridized carbons (Fsp3) is 0.320. The standard InChI is InChI=1S/C25H29BN4O6S/c31-25(30-23(26(32)33)15-19-6-7-19)20(14-18-4-2-1-3-5-18)16-29-37(34,35)22-10-8-21(9-11-22)36-24-17-27-12-13-28-24/h1-5,8-13,17,19-20,23,29,32-33H,6-7,14-16H2,(H,30,31). The minimum atomic E-state index is -3.94. The predicted octanol–water partition coefficient (Wildman–Crippen LogP) is 1.70. The first-order chi connectivity index (χ1) is 17.8. The first-order valence-corrected chi connectivity index (χ1v) is 13.5. The first-order valence-electron chi connectivity index (χ1n) is 12.0. The molecule has 0 saturated heterocycles. The molecule has 2 atom stereocenters. The Bertz CT molecular complexity index is 1260. The Morgan fingerprint density at radius 1 is 1.08 bits per heavy atom. The van der Waals surface area contributed by atoms with Crippen LogP contribution in [0.1, 0.15) is 24.8 Å². The van der Waals surface area contributed by atoms with Gasteiger partial charge in [-0.25, -0.2) is 18.1 Å². The van der Waals surface area contributed by atoms with Gasteiger partial charge in [-0.2, -0.15) is 0 Å². The van der Waals surface area contributed by atoms with Gasteiger partial charge in [-0.05, 0) is 48.6 Å². The van der Waals surface area contributed by atoms with Gasteiger partial charge in [0, 0.05) is 18.9 Å². The lowest BCUT2D eigenvalue weighted by molar-refractivity contribution is -0.125. The SMILES string of the molecule is O=C(NC(CC1CC1)B(O)O)C(CNS(=O)(=O)c1ccc(Oc2cnccn2)cc1)Cc1ccccc1. The minimum absolute atomic E-state index is 0.00950. The molecular formula is C25H29BN4O6S. The number of hydrogen-bond donors (Lipinski definition) is 4. The van der Waals surface area contributed by atoms with Gasteiger partial charge in [0.25, 0.3) is 0 Å². The molecule has 1 saturated carbocycles. The van der Waals surface area contributed by atoms with Crippen molar-refractivity contribution in [3.63, 3.8) is 0 Å². The largest absolute Gasteiger partial charge is 0.475 e. The second-order valence-electron chi connectivity index (χ2n) is 9.06. The van der Waals surface area contributed by atoms with Crippen molar-refractivity contribution >= 4 is 23.0 Å². The maximum Gasteiger partial charge on any atom is 0.475 e. The van der Waals surface area contributed by atoms with Gasteiger partial charge in [0.05, 0.1) is 23.0 Å². The maximum atomic E-state index is 13.1. The fourth-order valence-electron chi connectivity index (χ4n) is 3.86. The molecule has 194 valence electrons. The normalized spacial score (nSPS) is 15.0. The van der Waals surface area contributed by atoms with Crippen LogP contribution in [-0.2, 0) is 21.2 Å². The van der Waals surface area contributed by atoms with Crippen molar-refractivity contribution in [3.05, 3.63) is 78.8 Å². The van der Waals surface area contributed by atoms with Crippen LogP contribution in [-0.4, -0.2) is 53.9 Å². The molecule has 1 amide bonds. The average molecular weight is 524 g/mol. The van der Waals surface area contributed by atoms with Gasteiger partial charge in [-0.3, -0.25) is 9.78 Å². The highest BCUT2D eigenvalue weighted by atomic mass is 32.2. The van der Waals surface area contributed by atoms with E-state index in [-0.39, 0.29) is 23.7 Å². The third-order valence-electron chi connectivity index (χ3n) is 6.08. The summed E-state index contributed by atoms with van der Waals surface area (Å²) in [7, 11) is -5.63. The molecule has 3 aromatic rings. The smallest absolute Gasteiger partial charge is 0.438 e. The summed E-state index contributed by atoms with van der Waals surface area (Å²) in [5, 5.41) is 22.2. The third-order valence-corrected chi connectivity index (χ3v) is 7.52. The van der Waals surface area contributed by atoms with Crippen molar-refractivity contribution in [3.8, 4) is 11.6 Å². The van der Waals surface area contributed by atoms with Gasteiger partial charge >= 0.3 is 7.12 Å². The Morgan fingerprint density at radius 2 is 1.81 bits per heavy atom. The lowest BCUT2D eigenvalue weighted by atomic mass is 9.76. The van der Waals surface area contributed by atoms with E-state index in [1.54, 1.807) is 0 Å². The molecule has 1 fully saturated rings. The molecule has 1 aromatic heterocycles. The van der Waals surface area contributed by atoms with Crippen molar-refractivity contribution in [2.45, 2.75) is 36.5 Å². The summed E-state index contributed by atoms with van der Waals surface area (Å²) in [6.07, 6.45) is 7.17. The quantitative estimate of drug-likeness (QED) is 0.247. The molecule has 0 radical (unpaired) electrons. The van der Waals surface area contributed by atoms with Crippen molar-refractivity contribution < 1.29 is 28.0 Å². The third kappa shape index (κ3) is 8.09. The van der Waals surface area contributed by atoms with Crippen LogP contribution < -0.4 is 14.8 Å². The summed E-state index contributed by atoms with van der Waals surface area (Å²) in [5.74, 6) is -0.991. The number of nitrogens with one attached hydrogen (secondary N) is 2. The Morgan fingerprint density at radius 3 is 2.43 bits per heavy atom. The van der Waals surface area contributed by atoms with Gasteiger partial charge in [-0.15, -0.1) is 0 Å². The van der Waals surface area contributed by atoms with Crippen LogP contribution in [0, 0.1) is 11.8 Å². The zero-order valence-corrected chi connectivity index (χ0v) is 20.9. The van der Waals surface area contributed by atoms with Crippen LogP contribution in [0.4, 0.5) is 0 Å². The van der Waals surface area contributed by atoms with Crippen molar-refractivity contribution in [2.75, 3.05) is 6.54 Å². The number of nitrogens with zero attached hydrogens (tertiary/aromatic N) is 2. The van der Waals surface area contributed by atoms with E-state index in [2.05, 4.69) is 20.0 Å². The highest BCUT2D eigenvalue weighted by Crippen LogP contribution is 2.33. The molecule has 1 aliphatic carbocycles. The van der Waals surface area contributed by atoms with E-state index in [1.807, 2.05) is 30.3 Å². The zero-order chi connectivity index (χ0) is 26.3. The Labute approximate surface area is 216 Å². The predicted molar refractivity (Wildman–Crippen MR) is 137 cm³/mol. The molecule has 1 aliphatic rings. The van der Waals surface area contributed by atoms with E-state index < -0.39 is 34.9 Å². The number of carbonyl (C=O) groups is 1. The van der Waals surface area contributed by atoms with Crippen molar-refractivity contribution in [1.82, 2.24) is 20.0 Å².